The first-order valence-electron chi connectivity index (χ1n) is 11.5. The SMILES string of the molecule is CC1(C)OC(=O)C([C@@H](c2cc(Cl)c(OCc3ccc(F)cc3)c(Cl)c2)c2c[nH]c3ccccc23)C(=O)O1. The molecule has 1 fully saturated rings. The third-order valence-electron chi connectivity index (χ3n) is 6.17. The van der Waals surface area contributed by atoms with E-state index in [0.717, 1.165) is 16.5 Å². The highest BCUT2D eigenvalue weighted by Gasteiger charge is 2.48. The third-order valence-corrected chi connectivity index (χ3v) is 6.73. The van der Waals surface area contributed by atoms with Crippen LogP contribution in [-0.2, 0) is 25.7 Å². The number of carbonyl (C=O) groups excluding carboxylic acids is 2. The highest BCUT2D eigenvalue weighted by Crippen LogP contribution is 2.44. The summed E-state index contributed by atoms with van der Waals surface area (Å²) in [4.78, 5) is 29.5. The van der Waals surface area contributed by atoms with Crippen molar-refractivity contribution in [3.8, 4) is 5.75 Å². The number of nitrogens with one attached hydrogen (secondary N) is 1. The molecule has 1 N–H and O–H groups in total. The van der Waals surface area contributed by atoms with Gasteiger partial charge in [-0.3, -0.25) is 9.59 Å². The molecular weight excluding hydrogens is 520 g/mol. The van der Waals surface area contributed by atoms with Crippen molar-refractivity contribution in [2.45, 2.75) is 32.2 Å². The Morgan fingerprint density at radius 3 is 2.27 bits per heavy atom. The molecule has 1 aromatic heterocycles. The molecule has 0 spiro atoms. The fourth-order valence-electron chi connectivity index (χ4n) is 4.54. The maximum absolute atomic E-state index is 13.2. The van der Waals surface area contributed by atoms with Gasteiger partial charge in [-0.05, 0) is 47.0 Å². The molecule has 0 saturated carbocycles. The number of hydrogen-bond donors (Lipinski definition) is 1. The van der Waals surface area contributed by atoms with E-state index in [9.17, 15) is 14.0 Å². The van der Waals surface area contributed by atoms with Crippen molar-refractivity contribution in [1.29, 1.82) is 0 Å². The number of aromatic nitrogens is 1. The van der Waals surface area contributed by atoms with Gasteiger partial charge >= 0.3 is 11.9 Å². The average molecular weight is 542 g/mol. The monoisotopic (exact) mass is 541 g/mol. The Hall–Kier alpha value is -3.55. The second kappa shape index (κ2) is 9.72. The van der Waals surface area contributed by atoms with Crippen molar-refractivity contribution in [2.24, 2.45) is 5.92 Å². The van der Waals surface area contributed by atoms with Crippen LogP contribution >= 0.6 is 23.2 Å². The topological polar surface area (TPSA) is 77.6 Å². The molecule has 9 heteroatoms. The van der Waals surface area contributed by atoms with Crippen LogP contribution in [0.25, 0.3) is 10.9 Å². The van der Waals surface area contributed by atoms with Crippen LogP contribution in [0.1, 0.15) is 36.5 Å². The number of aromatic amines is 1. The predicted octanol–water partition coefficient (Wildman–Crippen LogP) is 6.78. The average Bonchev–Trinajstić information content (AvgIpc) is 3.25. The van der Waals surface area contributed by atoms with Gasteiger partial charge in [0.25, 0.3) is 5.79 Å². The van der Waals surface area contributed by atoms with Crippen LogP contribution in [-0.4, -0.2) is 22.7 Å². The third kappa shape index (κ3) is 5.02. The van der Waals surface area contributed by atoms with E-state index in [0.29, 0.717) is 11.1 Å². The summed E-state index contributed by atoms with van der Waals surface area (Å²) in [6.07, 6.45) is 1.75. The number of fused-ring (bicyclic) bond motifs is 1. The fraction of sp³-hybridized carbons (Fsp3) is 0.214. The van der Waals surface area contributed by atoms with Gasteiger partial charge in [-0.25, -0.2) is 4.39 Å². The number of carbonyl (C=O) groups is 2. The van der Waals surface area contributed by atoms with Crippen molar-refractivity contribution in [1.82, 2.24) is 4.98 Å². The molecule has 190 valence electrons. The number of hydrogen-bond acceptors (Lipinski definition) is 5. The van der Waals surface area contributed by atoms with Crippen LogP contribution in [0.4, 0.5) is 4.39 Å². The van der Waals surface area contributed by atoms with E-state index in [1.165, 1.54) is 26.0 Å². The quantitative estimate of drug-likeness (QED) is 0.215. The molecular formula is C28H22Cl2FNO5. The zero-order valence-electron chi connectivity index (χ0n) is 19.9. The summed E-state index contributed by atoms with van der Waals surface area (Å²) in [5.74, 6) is -5.01. The Bertz CT molecular complexity index is 1460. The molecule has 1 saturated heterocycles. The van der Waals surface area contributed by atoms with E-state index in [4.69, 9.17) is 37.4 Å². The molecule has 0 aliphatic carbocycles. The largest absolute Gasteiger partial charge is 0.486 e. The summed E-state index contributed by atoms with van der Waals surface area (Å²) in [6.45, 7) is 3.11. The van der Waals surface area contributed by atoms with Crippen LogP contribution in [0.2, 0.25) is 10.0 Å². The number of ether oxygens (including phenoxy) is 3. The molecule has 37 heavy (non-hydrogen) atoms. The number of para-hydroxylation sites is 1. The Morgan fingerprint density at radius 1 is 1.00 bits per heavy atom. The minimum absolute atomic E-state index is 0.112. The lowest BCUT2D eigenvalue weighted by Gasteiger charge is -2.36. The van der Waals surface area contributed by atoms with Crippen molar-refractivity contribution in [3.63, 3.8) is 0 Å². The van der Waals surface area contributed by atoms with Gasteiger partial charge < -0.3 is 19.2 Å². The highest BCUT2D eigenvalue weighted by atomic mass is 35.5. The van der Waals surface area contributed by atoms with E-state index >= 15 is 0 Å². The normalized spacial score (nSPS) is 16.4. The molecule has 1 aliphatic rings. The zero-order chi connectivity index (χ0) is 26.3. The Kier molecular flexibility index (Phi) is 6.60. The molecule has 4 aromatic rings. The van der Waals surface area contributed by atoms with Crippen molar-refractivity contribution in [3.05, 3.63) is 99.4 Å². The number of rotatable bonds is 6. The van der Waals surface area contributed by atoms with E-state index < -0.39 is 29.6 Å². The lowest BCUT2D eigenvalue weighted by molar-refractivity contribution is -0.240. The van der Waals surface area contributed by atoms with Gasteiger partial charge in [0.15, 0.2) is 11.7 Å². The number of H-pyrrole nitrogens is 1. The highest BCUT2D eigenvalue weighted by molar-refractivity contribution is 6.37. The Labute approximate surface area is 222 Å². The Balaban J connectivity index is 1.56. The molecule has 0 unspecified atom stereocenters. The van der Waals surface area contributed by atoms with Crippen LogP contribution < -0.4 is 4.74 Å². The number of esters is 2. The van der Waals surface area contributed by atoms with E-state index in [-0.39, 0.29) is 28.2 Å². The van der Waals surface area contributed by atoms with E-state index in [1.807, 2.05) is 24.3 Å². The molecule has 6 nitrogen and oxygen atoms in total. The molecule has 1 aliphatic heterocycles. The zero-order valence-corrected chi connectivity index (χ0v) is 21.4. The van der Waals surface area contributed by atoms with Crippen LogP contribution in [0.5, 0.6) is 5.75 Å². The number of cyclic esters (lactones) is 2. The molecule has 3 aromatic carbocycles. The van der Waals surface area contributed by atoms with Gasteiger partial charge in [0.2, 0.25) is 0 Å². The van der Waals surface area contributed by atoms with Gasteiger partial charge in [0, 0.05) is 36.9 Å². The smallest absolute Gasteiger partial charge is 0.324 e. The maximum Gasteiger partial charge on any atom is 0.324 e. The van der Waals surface area contributed by atoms with Gasteiger partial charge in [0.05, 0.1) is 10.0 Å². The molecule has 2 heterocycles. The number of halogens is 3. The first-order valence-corrected chi connectivity index (χ1v) is 12.3. The van der Waals surface area contributed by atoms with Crippen molar-refractivity contribution in [2.75, 3.05) is 0 Å². The summed E-state index contributed by atoms with van der Waals surface area (Å²) in [7, 11) is 0. The molecule has 0 bridgehead atoms. The molecule has 0 amide bonds. The van der Waals surface area contributed by atoms with E-state index in [1.54, 1.807) is 30.5 Å². The van der Waals surface area contributed by atoms with Gasteiger partial charge in [-0.2, -0.15) is 0 Å². The first-order chi connectivity index (χ1) is 17.6. The lowest BCUT2D eigenvalue weighted by atomic mass is 9.80. The second-order valence-electron chi connectivity index (χ2n) is 9.22. The van der Waals surface area contributed by atoms with Crippen LogP contribution in [0, 0.1) is 11.7 Å². The maximum atomic E-state index is 13.2. The summed E-state index contributed by atoms with van der Waals surface area (Å²) >= 11 is 13.2. The fourth-order valence-corrected chi connectivity index (χ4v) is 5.15. The minimum Gasteiger partial charge on any atom is -0.486 e. The molecule has 1 atom stereocenters. The van der Waals surface area contributed by atoms with Crippen LogP contribution in [0.15, 0.2) is 66.9 Å². The second-order valence-corrected chi connectivity index (χ2v) is 10.0. The summed E-state index contributed by atoms with van der Waals surface area (Å²) in [5, 5.41) is 1.20. The van der Waals surface area contributed by atoms with Crippen LogP contribution in [0.3, 0.4) is 0 Å². The van der Waals surface area contributed by atoms with Gasteiger partial charge in [0.1, 0.15) is 12.4 Å². The predicted molar refractivity (Wildman–Crippen MR) is 137 cm³/mol. The summed E-state index contributed by atoms with van der Waals surface area (Å²) in [6, 6.07) is 16.6. The number of benzene rings is 3. The lowest BCUT2D eigenvalue weighted by Crippen LogP contribution is -2.48. The minimum atomic E-state index is -1.37. The van der Waals surface area contributed by atoms with Gasteiger partial charge in [-0.15, -0.1) is 0 Å². The standard InChI is InChI=1S/C28H22Cl2FNO5/c1-28(2)36-26(33)24(27(34)37-28)23(19-13-32-22-6-4-3-5-18(19)22)16-11-20(29)25(21(30)12-16)35-14-15-7-9-17(31)10-8-15/h3-13,23-24,32H,14H2,1-2H3/t23-/m0/s1. The molecule has 0 radical (unpaired) electrons. The first kappa shape index (κ1) is 25.1. The summed E-state index contributed by atoms with van der Waals surface area (Å²) < 4.78 is 29.9. The van der Waals surface area contributed by atoms with E-state index in [2.05, 4.69) is 4.98 Å². The van der Waals surface area contributed by atoms with Gasteiger partial charge in [-0.1, -0.05) is 53.5 Å². The Morgan fingerprint density at radius 2 is 1.62 bits per heavy atom. The summed E-state index contributed by atoms with van der Waals surface area (Å²) in [5.41, 5.74) is 2.75. The van der Waals surface area contributed by atoms with Crippen molar-refractivity contribution < 1.29 is 28.2 Å². The molecule has 5 rings (SSSR count). The van der Waals surface area contributed by atoms with Crippen molar-refractivity contribution >= 4 is 46.0 Å².